The van der Waals surface area contributed by atoms with Gasteiger partial charge in [0, 0.05) is 18.9 Å². The summed E-state index contributed by atoms with van der Waals surface area (Å²) in [6.45, 7) is 1.61. The summed E-state index contributed by atoms with van der Waals surface area (Å²) >= 11 is 0. The van der Waals surface area contributed by atoms with Crippen molar-refractivity contribution in [2.24, 2.45) is 0 Å². The number of carbonyl (C=O) groups is 1. The number of aromatic nitrogens is 1. The van der Waals surface area contributed by atoms with Crippen molar-refractivity contribution in [2.75, 3.05) is 20.2 Å². The van der Waals surface area contributed by atoms with E-state index in [1.54, 1.807) is 19.5 Å². The Hall–Kier alpha value is -2.40. The molecule has 0 spiro atoms. The van der Waals surface area contributed by atoms with E-state index in [0.717, 1.165) is 24.3 Å². The summed E-state index contributed by atoms with van der Waals surface area (Å²) < 4.78 is 5.12. The van der Waals surface area contributed by atoms with Gasteiger partial charge in [-0.3, -0.25) is 9.78 Å². The molecule has 0 unspecified atom stereocenters. The summed E-state index contributed by atoms with van der Waals surface area (Å²) in [6, 6.07) is 11.7. The Morgan fingerprint density at radius 1 is 1.09 bits per heavy atom. The molecule has 0 aliphatic heterocycles. The van der Waals surface area contributed by atoms with Gasteiger partial charge in [-0.25, -0.2) is 0 Å². The van der Waals surface area contributed by atoms with Gasteiger partial charge in [-0.05, 0) is 48.4 Å². The summed E-state index contributed by atoms with van der Waals surface area (Å²) in [5.41, 5.74) is 2.26. The van der Waals surface area contributed by atoms with Crippen LogP contribution in [0.1, 0.15) is 11.1 Å². The molecule has 116 valence electrons. The number of benzene rings is 1. The van der Waals surface area contributed by atoms with Crippen LogP contribution in [0.4, 0.5) is 0 Å². The fraction of sp³-hybridized carbons (Fsp3) is 0.294. The molecule has 0 saturated heterocycles. The van der Waals surface area contributed by atoms with Crippen molar-refractivity contribution in [2.45, 2.75) is 13.0 Å². The molecule has 0 aliphatic carbocycles. The number of ether oxygens (including phenoxy) is 1. The Bertz CT molecular complexity index is 570. The van der Waals surface area contributed by atoms with Crippen LogP contribution in [0.15, 0.2) is 48.8 Å². The molecule has 2 aromatic rings. The van der Waals surface area contributed by atoms with Gasteiger partial charge in [0.2, 0.25) is 5.91 Å². The lowest BCUT2D eigenvalue weighted by Gasteiger charge is -2.07. The highest BCUT2D eigenvalue weighted by molar-refractivity contribution is 5.77. The van der Waals surface area contributed by atoms with Gasteiger partial charge in [0.05, 0.1) is 13.7 Å². The van der Waals surface area contributed by atoms with E-state index in [2.05, 4.69) is 15.6 Å². The van der Waals surface area contributed by atoms with E-state index in [9.17, 15) is 4.79 Å². The molecule has 0 atom stereocenters. The number of pyridine rings is 1. The second-order valence-corrected chi connectivity index (χ2v) is 4.91. The zero-order chi connectivity index (χ0) is 15.6. The Labute approximate surface area is 130 Å². The maximum absolute atomic E-state index is 11.7. The number of amides is 1. The van der Waals surface area contributed by atoms with Gasteiger partial charge in [-0.1, -0.05) is 12.1 Å². The predicted octanol–water partition coefficient (Wildman–Crippen LogP) is 1.54. The smallest absolute Gasteiger partial charge is 0.234 e. The van der Waals surface area contributed by atoms with Crippen LogP contribution >= 0.6 is 0 Å². The first-order chi connectivity index (χ1) is 10.8. The molecule has 5 heteroatoms. The Kier molecular flexibility index (Phi) is 6.39. The van der Waals surface area contributed by atoms with Crippen molar-refractivity contribution in [3.63, 3.8) is 0 Å². The van der Waals surface area contributed by atoms with Crippen LogP contribution in [0, 0.1) is 0 Å². The van der Waals surface area contributed by atoms with Gasteiger partial charge in [0.25, 0.3) is 0 Å². The Morgan fingerprint density at radius 3 is 2.50 bits per heavy atom. The van der Waals surface area contributed by atoms with Crippen molar-refractivity contribution in [1.29, 1.82) is 0 Å². The molecule has 1 heterocycles. The van der Waals surface area contributed by atoms with E-state index in [1.807, 2.05) is 36.4 Å². The van der Waals surface area contributed by atoms with Crippen molar-refractivity contribution in [1.82, 2.24) is 15.6 Å². The molecule has 0 aliphatic rings. The first-order valence-electron chi connectivity index (χ1n) is 7.27. The van der Waals surface area contributed by atoms with Crippen LogP contribution in [0.25, 0.3) is 0 Å². The van der Waals surface area contributed by atoms with Crippen LogP contribution in [-0.2, 0) is 17.8 Å². The van der Waals surface area contributed by atoms with E-state index in [1.165, 1.54) is 5.56 Å². The largest absolute Gasteiger partial charge is 0.497 e. The van der Waals surface area contributed by atoms with Crippen LogP contribution in [0.5, 0.6) is 5.75 Å². The highest BCUT2D eigenvalue weighted by atomic mass is 16.5. The number of hydrogen-bond acceptors (Lipinski definition) is 4. The molecule has 0 saturated carbocycles. The molecule has 22 heavy (non-hydrogen) atoms. The average Bonchev–Trinajstić information content (AvgIpc) is 2.58. The zero-order valence-electron chi connectivity index (χ0n) is 12.7. The van der Waals surface area contributed by atoms with Crippen LogP contribution < -0.4 is 15.4 Å². The lowest BCUT2D eigenvalue weighted by molar-refractivity contribution is -0.120. The number of hydrogen-bond donors (Lipinski definition) is 2. The third-order valence-corrected chi connectivity index (χ3v) is 3.27. The van der Waals surface area contributed by atoms with Crippen molar-refractivity contribution >= 4 is 5.91 Å². The van der Waals surface area contributed by atoms with Gasteiger partial charge in [-0.2, -0.15) is 0 Å². The first-order valence-corrected chi connectivity index (χ1v) is 7.27. The monoisotopic (exact) mass is 299 g/mol. The topological polar surface area (TPSA) is 63.2 Å². The molecule has 1 aromatic carbocycles. The van der Waals surface area contributed by atoms with Crippen LogP contribution in [0.3, 0.4) is 0 Å². The van der Waals surface area contributed by atoms with E-state index < -0.39 is 0 Å². The molecule has 2 rings (SSSR count). The van der Waals surface area contributed by atoms with Gasteiger partial charge < -0.3 is 15.4 Å². The molecule has 0 bridgehead atoms. The second-order valence-electron chi connectivity index (χ2n) is 4.91. The number of nitrogens with one attached hydrogen (secondary N) is 2. The van der Waals surface area contributed by atoms with E-state index >= 15 is 0 Å². The molecule has 5 nitrogen and oxygen atoms in total. The van der Waals surface area contributed by atoms with Gasteiger partial charge in [0.15, 0.2) is 0 Å². The zero-order valence-corrected chi connectivity index (χ0v) is 12.7. The first kappa shape index (κ1) is 16.0. The normalized spacial score (nSPS) is 10.2. The molecule has 2 N–H and O–H groups in total. The summed E-state index contributed by atoms with van der Waals surface area (Å²) in [5.74, 6) is 0.846. The lowest BCUT2D eigenvalue weighted by Crippen LogP contribution is -2.34. The quantitative estimate of drug-likeness (QED) is 0.726. The molecular formula is C17H21N3O2. The molecular weight excluding hydrogens is 278 g/mol. The van der Waals surface area contributed by atoms with Gasteiger partial charge in [-0.15, -0.1) is 0 Å². The molecule has 0 fully saturated rings. The Morgan fingerprint density at radius 2 is 1.82 bits per heavy atom. The highest BCUT2D eigenvalue weighted by Gasteiger charge is 2.01. The van der Waals surface area contributed by atoms with E-state index in [4.69, 9.17) is 4.74 Å². The maximum Gasteiger partial charge on any atom is 0.234 e. The fourth-order valence-corrected chi connectivity index (χ4v) is 1.99. The number of methoxy groups -OCH3 is 1. The average molecular weight is 299 g/mol. The summed E-state index contributed by atoms with van der Waals surface area (Å²) in [6.07, 6.45) is 4.31. The third kappa shape index (κ3) is 5.54. The number of carbonyl (C=O) groups excluding carboxylic acids is 1. The van der Waals surface area contributed by atoms with Gasteiger partial charge >= 0.3 is 0 Å². The summed E-state index contributed by atoms with van der Waals surface area (Å²) in [4.78, 5) is 15.6. The fourth-order valence-electron chi connectivity index (χ4n) is 1.99. The molecule has 1 amide bonds. The minimum Gasteiger partial charge on any atom is -0.497 e. The number of nitrogens with zero attached hydrogens (tertiary/aromatic N) is 1. The second kappa shape index (κ2) is 8.79. The van der Waals surface area contributed by atoms with E-state index in [0.29, 0.717) is 13.1 Å². The van der Waals surface area contributed by atoms with Crippen LogP contribution in [-0.4, -0.2) is 31.1 Å². The van der Waals surface area contributed by atoms with Gasteiger partial charge in [0.1, 0.15) is 5.75 Å². The van der Waals surface area contributed by atoms with Crippen LogP contribution in [0.2, 0.25) is 0 Å². The maximum atomic E-state index is 11.7. The minimum atomic E-state index is -0.00783. The predicted molar refractivity (Wildman–Crippen MR) is 85.7 cm³/mol. The highest BCUT2D eigenvalue weighted by Crippen LogP contribution is 2.11. The SMILES string of the molecule is COc1ccc(CCNCC(=O)NCc2ccncc2)cc1. The third-order valence-electron chi connectivity index (χ3n) is 3.27. The van der Waals surface area contributed by atoms with E-state index in [-0.39, 0.29) is 5.91 Å². The summed E-state index contributed by atoms with van der Waals surface area (Å²) in [5, 5.41) is 6.01. The Balaban J connectivity index is 1.60. The van der Waals surface area contributed by atoms with Crippen molar-refractivity contribution < 1.29 is 9.53 Å². The van der Waals surface area contributed by atoms with Crippen molar-refractivity contribution in [3.05, 3.63) is 59.9 Å². The molecule has 1 aromatic heterocycles. The van der Waals surface area contributed by atoms with Crippen molar-refractivity contribution in [3.8, 4) is 5.75 Å². The number of rotatable bonds is 8. The standard InChI is InChI=1S/C17H21N3O2/c1-22-16-4-2-14(3-5-16)6-11-19-13-17(21)20-12-15-7-9-18-10-8-15/h2-5,7-10,19H,6,11-13H2,1H3,(H,20,21). The summed E-state index contributed by atoms with van der Waals surface area (Å²) in [7, 11) is 1.65. The molecule has 0 radical (unpaired) electrons. The minimum absolute atomic E-state index is 0.00783. The lowest BCUT2D eigenvalue weighted by atomic mass is 10.1.